The van der Waals surface area contributed by atoms with Crippen molar-refractivity contribution in [2.45, 2.75) is 12.5 Å². The zero-order valence-corrected chi connectivity index (χ0v) is 10.8. The topological polar surface area (TPSA) is 79.3 Å². The number of anilines is 1. The summed E-state index contributed by atoms with van der Waals surface area (Å²) in [6.45, 7) is 5.01. The second kappa shape index (κ2) is 4.16. The quantitative estimate of drug-likeness (QED) is 0.696. The molecule has 7 heteroatoms. The molecule has 1 aromatic heterocycles. The van der Waals surface area contributed by atoms with E-state index in [2.05, 4.69) is 21.3 Å². The minimum Gasteiger partial charge on any atom is -0.353 e. The van der Waals surface area contributed by atoms with Crippen molar-refractivity contribution in [2.75, 3.05) is 37.6 Å². The number of nitrogens with zero attached hydrogens (tertiary/aromatic N) is 5. The van der Waals surface area contributed by atoms with E-state index < -0.39 is 0 Å². The summed E-state index contributed by atoms with van der Waals surface area (Å²) in [4.78, 5) is 17.7. The number of aromatic nitrogens is 2. The molecule has 1 atom stereocenters. The summed E-state index contributed by atoms with van der Waals surface area (Å²) in [6.07, 6.45) is 3.81. The molecule has 100 valence electrons. The van der Waals surface area contributed by atoms with Gasteiger partial charge in [-0.25, -0.2) is 0 Å². The molecule has 1 amide bonds. The van der Waals surface area contributed by atoms with Crippen LogP contribution in [0, 0.1) is 11.5 Å². The number of H-pyrrole nitrogens is 1. The zero-order chi connectivity index (χ0) is 13.5. The molecule has 0 aromatic carbocycles. The highest BCUT2D eigenvalue weighted by Gasteiger charge is 2.45. The number of amides is 1. The van der Waals surface area contributed by atoms with Crippen LogP contribution in [0.1, 0.15) is 6.92 Å². The third-order valence-electron chi connectivity index (χ3n) is 3.90. The van der Waals surface area contributed by atoms with Crippen LogP contribution in [-0.4, -0.2) is 64.2 Å². The number of hydrogen-bond donors (Lipinski definition) is 1. The third-order valence-corrected chi connectivity index (χ3v) is 3.90. The molecule has 0 bridgehead atoms. The van der Waals surface area contributed by atoms with E-state index in [9.17, 15) is 4.79 Å². The van der Waals surface area contributed by atoms with Crippen LogP contribution in [0.25, 0.3) is 0 Å². The van der Waals surface area contributed by atoms with Crippen LogP contribution in [-0.2, 0) is 4.79 Å². The van der Waals surface area contributed by atoms with E-state index in [4.69, 9.17) is 5.26 Å². The number of fused-ring (bicyclic) bond motifs is 1. The monoisotopic (exact) mass is 260 g/mol. The summed E-state index contributed by atoms with van der Waals surface area (Å²) in [5.41, 5.74) is -0.325. The van der Waals surface area contributed by atoms with E-state index in [0.717, 1.165) is 12.4 Å². The molecule has 1 unspecified atom stereocenters. The fraction of sp³-hybridized carbons (Fsp3) is 0.583. The maximum absolute atomic E-state index is 12.1. The molecule has 3 rings (SSSR count). The molecule has 0 radical (unpaired) electrons. The van der Waals surface area contributed by atoms with Crippen LogP contribution in [0.2, 0.25) is 0 Å². The molecule has 3 heterocycles. The highest BCUT2D eigenvalue weighted by molar-refractivity contribution is 5.80. The Hall–Kier alpha value is -2.23. The molecule has 1 aromatic rings. The first-order chi connectivity index (χ1) is 9.12. The van der Waals surface area contributed by atoms with Crippen molar-refractivity contribution in [3.05, 3.63) is 12.3 Å². The van der Waals surface area contributed by atoms with Gasteiger partial charge in [-0.1, -0.05) is 0 Å². The predicted molar refractivity (Wildman–Crippen MR) is 68.1 cm³/mol. The molecule has 2 aliphatic rings. The van der Waals surface area contributed by atoms with Gasteiger partial charge >= 0.3 is 0 Å². The van der Waals surface area contributed by atoms with Gasteiger partial charge in [-0.2, -0.15) is 10.4 Å². The second-order valence-electron chi connectivity index (χ2n) is 5.36. The molecule has 2 saturated heterocycles. The standard InChI is InChI=1S/C12H16N6O/c1-12-7-16(9-13)6-11(19)18(12)5-4-17(8-12)10-2-3-14-15-10/h2-3H,4-8H2,1H3,(H,14,15). The average Bonchev–Trinajstić information content (AvgIpc) is 2.90. The molecule has 1 N–H and O–H groups in total. The van der Waals surface area contributed by atoms with Crippen molar-refractivity contribution in [3.8, 4) is 6.19 Å². The molecule has 0 spiro atoms. The van der Waals surface area contributed by atoms with Gasteiger partial charge in [0.05, 0.1) is 18.3 Å². The Balaban J connectivity index is 1.84. The fourth-order valence-corrected chi connectivity index (χ4v) is 3.04. The number of rotatable bonds is 1. The first-order valence-corrected chi connectivity index (χ1v) is 6.32. The van der Waals surface area contributed by atoms with Crippen molar-refractivity contribution in [2.24, 2.45) is 0 Å². The summed E-state index contributed by atoms with van der Waals surface area (Å²) in [5.74, 6) is 1.00. The van der Waals surface area contributed by atoms with Gasteiger partial charge in [0.15, 0.2) is 6.19 Å². The van der Waals surface area contributed by atoms with Crippen LogP contribution in [0.4, 0.5) is 5.82 Å². The number of piperazine rings is 2. The van der Waals surface area contributed by atoms with Crippen LogP contribution < -0.4 is 4.90 Å². The Kier molecular flexibility index (Phi) is 2.59. The third kappa shape index (κ3) is 1.89. The van der Waals surface area contributed by atoms with Crippen LogP contribution in [0.3, 0.4) is 0 Å². The van der Waals surface area contributed by atoms with Gasteiger partial charge in [0.1, 0.15) is 12.4 Å². The molecular weight excluding hydrogens is 244 g/mol. The van der Waals surface area contributed by atoms with Crippen LogP contribution >= 0.6 is 0 Å². The Morgan fingerprint density at radius 3 is 3.00 bits per heavy atom. The van der Waals surface area contributed by atoms with Gasteiger partial charge in [-0.15, -0.1) is 0 Å². The minimum atomic E-state index is -0.325. The van der Waals surface area contributed by atoms with E-state index in [1.54, 1.807) is 6.20 Å². The van der Waals surface area contributed by atoms with Crippen molar-refractivity contribution in [1.29, 1.82) is 5.26 Å². The van der Waals surface area contributed by atoms with Crippen molar-refractivity contribution in [1.82, 2.24) is 20.0 Å². The normalized spacial score (nSPS) is 27.2. The number of nitrogens with one attached hydrogen (secondary N) is 1. The average molecular weight is 260 g/mol. The summed E-state index contributed by atoms with van der Waals surface area (Å²) < 4.78 is 0. The zero-order valence-electron chi connectivity index (χ0n) is 10.8. The highest BCUT2D eigenvalue weighted by atomic mass is 16.2. The Morgan fingerprint density at radius 1 is 1.47 bits per heavy atom. The lowest BCUT2D eigenvalue weighted by molar-refractivity contribution is -0.144. The number of aromatic amines is 1. The smallest absolute Gasteiger partial charge is 0.243 e. The Bertz CT molecular complexity index is 521. The number of carbonyl (C=O) groups excluding carboxylic acids is 1. The molecule has 19 heavy (non-hydrogen) atoms. The molecule has 7 nitrogen and oxygen atoms in total. The lowest BCUT2D eigenvalue weighted by Gasteiger charge is -2.53. The Labute approximate surface area is 111 Å². The van der Waals surface area contributed by atoms with Gasteiger partial charge in [0.25, 0.3) is 0 Å². The van der Waals surface area contributed by atoms with E-state index >= 15 is 0 Å². The SMILES string of the molecule is CC12CN(C#N)CC(=O)N1CCN(c1ccn[nH]1)C2. The van der Waals surface area contributed by atoms with Crippen molar-refractivity contribution >= 4 is 11.7 Å². The van der Waals surface area contributed by atoms with E-state index in [1.165, 1.54) is 4.90 Å². The highest BCUT2D eigenvalue weighted by Crippen LogP contribution is 2.28. The lowest BCUT2D eigenvalue weighted by Crippen LogP contribution is -2.70. The largest absolute Gasteiger partial charge is 0.353 e. The van der Waals surface area contributed by atoms with Crippen LogP contribution in [0.5, 0.6) is 0 Å². The number of nitriles is 1. The van der Waals surface area contributed by atoms with Crippen molar-refractivity contribution in [3.63, 3.8) is 0 Å². The maximum atomic E-state index is 12.1. The lowest BCUT2D eigenvalue weighted by atomic mass is 9.92. The molecule has 0 aliphatic carbocycles. The Morgan fingerprint density at radius 2 is 2.32 bits per heavy atom. The van der Waals surface area contributed by atoms with Gasteiger partial charge in [0.2, 0.25) is 5.91 Å². The number of hydrogen-bond acceptors (Lipinski definition) is 5. The molecule has 2 aliphatic heterocycles. The van der Waals surface area contributed by atoms with Crippen LogP contribution in [0.15, 0.2) is 12.3 Å². The van der Waals surface area contributed by atoms with E-state index in [0.29, 0.717) is 19.6 Å². The van der Waals surface area contributed by atoms with Crippen molar-refractivity contribution < 1.29 is 4.79 Å². The second-order valence-corrected chi connectivity index (χ2v) is 5.36. The predicted octanol–water partition coefficient (Wildman–Crippen LogP) is -0.386. The molecule has 2 fully saturated rings. The summed E-state index contributed by atoms with van der Waals surface area (Å²) in [6, 6.07) is 1.92. The molecular formula is C12H16N6O. The summed E-state index contributed by atoms with van der Waals surface area (Å²) in [5, 5.41) is 15.9. The van der Waals surface area contributed by atoms with Gasteiger partial charge in [-0.05, 0) is 6.92 Å². The fourth-order valence-electron chi connectivity index (χ4n) is 3.04. The first-order valence-electron chi connectivity index (χ1n) is 6.32. The van der Waals surface area contributed by atoms with Gasteiger partial charge in [0, 0.05) is 25.7 Å². The van der Waals surface area contributed by atoms with E-state index in [-0.39, 0.29) is 18.0 Å². The maximum Gasteiger partial charge on any atom is 0.243 e. The molecule has 0 saturated carbocycles. The first kappa shape index (κ1) is 11.8. The summed E-state index contributed by atoms with van der Waals surface area (Å²) >= 11 is 0. The van der Waals surface area contributed by atoms with E-state index in [1.807, 2.05) is 17.9 Å². The van der Waals surface area contributed by atoms with Gasteiger partial charge < -0.3 is 9.80 Å². The minimum absolute atomic E-state index is 0.0413. The van der Waals surface area contributed by atoms with Gasteiger partial charge in [-0.3, -0.25) is 14.8 Å². The number of carbonyl (C=O) groups is 1. The summed E-state index contributed by atoms with van der Waals surface area (Å²) in [7, 11) is 0.